The molecule has 0 aromatic carbocycles. The Bertz CT molecular complexity index is 257. The van der Waals surface area contributed by atoms with Crippen LogP contribution in [0.15, 0.2) is 0 Å². The van der Waals surface area contributed by atoms with E-state index in [2.05, 4.69) is 15.5 Å². The summed E-state index contributed by atoms with van der Waals surface area (Å²) in [6.45, 7) is 1.69. The Balaban J connectivity index is 2.76. The number of tetrazole rings is 1. The summed E-state index contributed by atoms with van der Waals surface area (Å²) in [5, 5.41) is 18.9. The Morgan fingerprint density at radius 2 is 2.45 bits per heavy atom. The number of aromatic nitrogens is 4. The van der Waals surface area contributed by atoms with Crippen molar-refractivity contribution in [1.29, 1.82) is 0 Å². The van der Waals surface area contributed by atoms with E-state index < -0.39 is 5.97 Å². The number of hydrogen-bond donors (Lipinski definition) is 1. The van der Waals surface area contributed by atoms with Gasteiger partial charge in [-0.2, -0.15) is 0 Å². The zero-order valence-electron chi connectivity index (χ0n) is 6.06. The third-order valence-electron chi connectivity index (χ3n) is 1.21. The Morgan fingerprint density at radius 1 is 1.73 bits per heavy atom. The van der Waals surface area contributed by atoms with Crippen LogP contribution in [0.3, 0.4) is 0 Å². The molecule has 0 saturated carbocycles. The largest absolute Gasteiger partial charge is 0.480 e. The number of aryl methyl sites for hydroxylation is 1. The van der Waals surface area contributed by atoms with E-state index in [9.17, 15) is 4.79 Å². The molecule has 1 N–H and O–H groups in total. The van der Waals surface area contributed by atoms with Gasteiger partial charge in [-0.1, -0.05) is 6.92 Å². The van der Waals surface area contributed by atoms with Crippen molar-refractivity contribution in [3.63, 3.8) is 0 Å². The molecule has 60 valence electrons. The van der Waals surface area contributed by atoms with Gasteiger partial charge in [0.15, 0.2) is 5.82 Å². The van der Waals surface area contributed by atoms with Crippen LogP contribution in [0.1, 0.15) is 12.7 Å². The van der Waals surface area contributed by atoms with E-state index in [1.54, 1.807) is 0 Å². The molecule has 1 aromatic heterocycles. The molecular formula is C5H8N4O2. The van der Waals surface area contributed by atoms with Gasteiger partial charge in [-0.25, -0.2) is 4.68 Å². The molecule has 0 amide bonds. The topological polar surface area (TPSA) is 80.9 Å². The third kappa shape index (κ3) is 1.73. The maximum atomic E-state index is 10.2. The Morgan fingerprint density at radius 3 is 3.00 bits per heavy atom. The summed E-state index contributed by atoms with van der Waals surface area (Å²) in [5.74, 6) is -0.348. The number of rotatable bonds is 3. The van der Waals surface area contributed by atoms with Crippen molar-refractivity contribution in [1.82, 2.24) is 20.2 Å². The lowest BCUT2D eigenvalue weighted by atomic mass is 10.4. The molecule has 6 nitrogen and oxygen atoms in total. The minimum Gasteiger partial charge on any atom is -0.480 e. The van der Waals surface area contributed by atoms with Gasteiger partial charge < -0.3 is 5.11 Å². The van der Waals surface area contributed by atoms with Gasteiger partial charge in [0.1, 0.15) is 6.54 Å². The summed E-state index contributed by atoms with van der Waals surface area (Å²) in [6, 6.07) is 0. The van der Waals surface area contributed by atoms with Crippen LogP contribution < -0.4 is 0 Å². The molecule has 0 aliphatic carbocycles. The predicted octanol–water partition coefficient (Wildman–Crippen LogP) is -0.680. The first-order valence-corrected chi connectivity index (χ1v) is 3.21. The number of carbonyl (C=O) groups is 1. The first-order valence-electron chi connectivity index (χ1n) is 3.21. The van der Waals surface area contributed by atoms with Gasteiger partial charge >= 0.3 is 5.97 Å². The summed E-state index contributed by atoms with van der Waals surface area (Å²) < 4.78 is 1.27. The number of carboxylic acids is 1. The van der Waals surface area contributed by atoms with E-state index in [-0.39, 0.29) is 6.54 Å². The van der Waals surface area contributed by atoms with Gasteiger partial charge in [-0.15, -0.1) is 5.10 Å². The minimum absolute atomic E-state index is 0.170. The third-order valence-corrected chi connectivity index (χ3v) is 1.21. The van der Waals surface area contributed by atoms with Gasteiger partial charge in [-0.3, -0.25) is 4.79 Å². The molecule has 0 unspecified atom stereocenters. The quantitative estimate of drug-likeness (QED) is 0.627. The molecule has 0 atom stereocenters. The molecule has 0 aliphatic heterocycles. The van der Waals surface area contributed by atoms with Gasteiger partial charge in [0.25, 0.3) is 0 Å². The van der Waals surface area contributed by atoms with Gasteiger partial charge in [-0.05, 0) is 10.4 Å². The molecule has 1 rings (SSSR count). The average molecular weight is 156 g/mol. The van der Waals surface area contributed by atoms with E-state index in [1.807, 2.05) is 6.92 Å². The van der Waals surface area contributed by atoms with Crippen molar-refractivity contribution < 1.29 is 9.90 Å². The van der Waals surface area contributed by atoms with Crippen LogP contribution in [-0.4, -0.2) is 31.3 Å². The Kier molecular flexibility index (Phi) is 2.15. The summed E-state index contributed by atoms with van der Waals surface area (Å²) >= 11 is 0. The SMILES string of the molecule is CCc1nnnn1CC(=O)O. The lowest BCUT2D eigenvalue weighted by Gasteiger charge is -1.95. The van der Waals surface area contributed by atoms with Crippen LogP contribution in [0.5, 0.6) is 0 Å². The van der Waals surface area contributed by atoms with E-state index >= 15 is 0 Å². The molecule has 0 spiro atoms. The molecule has 0 fully saturated rings. The standard InChI is InChI=1S/C5H8N4O2/c1-2-4-6-7-8-9(4)3-5(10)11/h2-3H2,1H3,(H,10,11). The molecule has 1 heterocycles. The normalized spacial score (nSPS) is 9.91. The second-order valence-corrected chi connectivity index (χ2v) is 2.00. The molecule has 0 bridgehead atoms. The minimum atomic E-state index is -0.938. The summed E-state index contributed by atoms with van der Waals surface area (Å²) in [5.41, 5.74) is 0. The van der Waals surface area contributed by atoms with Crippen molar-refractivity contribution in [2.75, 3.05) is 0 Å². The van der Waals surface area contributed by atoms with Crippen molar-refractivity contribution in [3.8, 4) is 0 Å². The maximum absolute atomic E-state index is 10.2. The van der Waals surface area contributed by atoms with E-state index in [0.717, 1.165) is 0 Å². The van der Waals surface area contributed by atoms with Crippen LogP contribution >= 0.6 is 0 Å². The molecule has 11 heavy (non-hydrogen) atoms. The summed E-state index contributed by atoms with van der Waals surface area (Å²) in [4.78, 5) is 10.2. The molecular weight excluding hydrogens is 148 g/mol. The van der Waals surface area contributed by atoms with Crippen LogP contribution in [-0.2, 0) is 17.8 Å². The Labute approximate surface area is 62.8 Å². The fraction of sp³-hybridized carbons (Fsp3) is 0.600. The molecule has 0 radical (unpaired) electrons. The van der Waals surface area contributed by atoms with E-state index in [0.29, 0.717) is 12.2 Å². The number of nitrogens with zero attached hydrogens (tertiary/aromatic N) is 4. The van der Waals surface area contributed by atoms with E-state index in [4.69, 9.17) is 5.11 Å². The lowest BCUT2D eigenvalue weighted by molar-refractivity contribution is -0.138. The number of hydrogen-bond acceptors (Lipinski definition) is 4. The summed E-state index contributed by atoms with van der Waals surface area (Å²) in [7, 11) is 0. The van der Waals surface area contributed by atoms with Crippen LogP contribution in [0.2, 0.25) is 0 Å². The lowest BCUT2D eigenvalue weighted by Crippen LogP contribution is -2.12. The van der Waals surface area contributed by atoms with Crippen molar-refractivity contribution in [2.45, 2.75) is 19.9 Å². The zero-order chi connectivity index (χ0) is 8.27. The number of carboxylic acid groups (broad SMARTS) is 1. The maximum Gasteiger partial charge on any atom is 0.325 e. The molecule has 0 aliphatic rings. The Hall–Kier alpha value is -1.46. The second-order valence-electron chi connectivity index (χ2n) is 2.00. The molecule has 1 aromatic rings. The van der Waals surface area contributed by atoms with Crippen molar-refractivity contribution >= 4 is 5.97 Å². The van der Waals surface area contributed by atoms with Crippen LogP contribution in [0.25, 0.3) is 0 Å². The molecule has 6 heteroatoms. The smallest absolute Gasteiger partial charge is 0.325 e. The first kappa shape index (κ1) is 7.64. The van der Waals surface area contributed by atoms with Crippen molar-refractivity contribution in [2.24, 2.45) is 0 Å². The van der Waals surface area contributed by atoms with Gasteiger partial charge in [0, 0.05) is 6.42 Å². The monoisotopic (exact) mass is 156 g/mol. The highest BCUT2D eigenvalue weighted by Gasteiger charge is 2.05. The zero-order valence-corrected chi connectivity index (χ0v) is 6.06. The first-order chi connectivity index (χ1) is 5.24. The second kappa shape index (κ2) is 3.09. The highest BCUT2D eigenvalue weighted by atomic mass is 16.4. The van der Waals surface area contributed by atoms with Crippen LogP contribution in [0.4, 0.5) is 0 Å². The fourth-order valence-electron chi connectivity index (χ4n) is 0.727. The van der Waals surface area contributed by atoms with E-state index in [1.165, 1.54) is 4.68 Å². The highest BCUT2D eigenvalue weighted by molar-refractivity contribution is 5.66. The van der Waals surface area contributed by atoms with Gasteiger partial charge in [0.05, 0.1) is 0 Å². The summed E-state index contributed by atoms with van der Waals surface area (Å²) in [6.07, 6.45) is 0.639. The van der Waals surface area contributed by atoms with Crippen LogP contribution in [0, 0.1) is 0 Å². The fourth-order valence-corrected chi connectivity index (χ4v) is 0.727. The highest BCUT2D eigenvalue weighted by Crippen LogP contribution is 1.91. The van der Waals surface area contributed by atoms with Crippen molar-refractivity contribution in [3.05, 3.63) is 5.82 Å². The molecule has 0 saturated heterocycles. The average Bonchev–Trinajstić information content (AvgIpc) is 2.34. The van der Waals surface area contributed by atoms with Gasteiger partial charge in [0.2, 0.25) is 0 Å². The number of aliphatic carboxylic acids is 1. The predicted molar refractivity (Wildman–Crippen MR) is 34.8 cm³/mol.